The summed E-state index contributed by atoms with van der Waals surface area (Å²) in [6.45, 7) is 7.83. The molecule has 0 N–H and O–H groups in total. The van der Waals surface area contributed by atoms with Crippen LogP contribution in [0.15, 0.2) is 22.8 Å². The Hall–Kier alpha value is -1.18. The predicted molar refractivity (Wildman–Crippen MR) is 63.0 cm³/mol. The van der Waals surface area contributed by atoms with Gasteiger partial charge in [0, 0.05) is 11.3 Å². The number of ketones is 2. The number of hydrogen-bond donors (Lipinski definition) is 0. The van der Waals surface area contributed by atoms with E-state index in [1.54, 1.807) is 6.92 Å². The first-order valence-electron chi connectivity index (χ1n) is 5.78. The van der Waals surface area contributed by atoms with Crippen LogP contribution < -0.4 is 0 Å². The molecule has 0 bridgehead atoms. The fourth-order valence-electron chi connectivity index (χ4n) is 2.88. The number of fused-ring (bicyclic) bond motifs is 1. The van der Waals surface area contributed by atoms with Crippen LogP contribution in [0.4, 0.5) is 0 Å². The van der Waals surface area contributed by atoms with E-state index in [2.05, 4.69) is 13.8 Å². The van der Waals surface area contributed by atoms with Crippen molar-refractivity contribution in [3.63, 3.8) is 0 Å². The molecule has 0 saturated heterocycles. The summed E-state index contributed by atoms with van der Waals surface area (Å²) in [5.74, 6) is 0.157. The Morgan fingerprint density at radius 3 is 2.44 bits per heavy atom. The topological polar surface area (TPSA) is 34.1 Å². The highest BCUT2D eigenvalue weighted by molar-refractivity contribution is 6.12. The maximum atomic E-state index is 12.1. The van der Waals surface area contributed by atoms with Gasteiger partial charge in [-0.25, -0.2) is 0 Å². The Balaban J connectivity index is 2.51. The van der Waals surface area contributed by atoms with Crippen molar-refractivity contribution in [2.24, 2.45) is 11.3 Å². The largest absolute Gasteiger partial charge is 0.294 e. The third kappa shape index (κ3) is 1.40. The molecule has 0 aliphatic heterocycles. The third-order valence-corrected chi connectivity index (χ3v) is 4.26. The van der Waals surface area contributed by atoms with Crippen LogP contribution in [0.3, 0.4) is 0 Å². The van der Waals surface area contributed by atoms with Gasteiger partial charge in [0.25, 0.3) is 0 Å². The molecule has 0 aromatic heterocycles. The summed E-state index contributed by atoms with van der Waals surface area (Å²) < 4.78 is 0. The Labute approximate surface area is 96.4 Å². The molecule has 2 unspecified atom stereocenters. The summed E-state index contributed by atoms with van der Waals surface area (Å²) in [4.78, 5) is 24.2. The van der Waals surface area contributed by atoms with Crippen molar-refractivity contribution in [3.8, 4) is 0 Å². The number of allylic oxidation sites excluding steroid dienone is 4. The van der Waals surface area contributed by atoms with Crippen LogP contribution >= 0.6 is 0 Å². The number of rotatable bonds is 0. The first-order chi connectivity index (χ1) is 7.36. The van der Waals surface area contributed by atoms with Crippen molar-refractivity contribution in [3.05, 3.63) is 22.8 Å². The first-order valence-corrected chi connectivity index (χ1v) is 5.78. The van der Waals surface area contributed by atoms with E-state index < -0.39 is 5.41 Å². The van der Waals surface area contributed by atoms with E-state index in [1.807, 2.05) is 6.92 Å². The first kappa shape index (κ1) is 11.3. The van der Waals surface area contributed by atoms with E-state index in [0.717, 1.165) is 12.8 Å². The van der Waals surface area contributed by atoms with E-state index in [9.17, 15) is 9.59 Å². The fourth-order valence-corrected chi connectivity index (χ4v) is 2.88. The smallest absolute Gasteiger partial charge is 0.163 e. The molecular formula is C14H18O2. The number of carbonyl (C=O) groups is 2. The zero-order valence-corrected chi connectivity index (χ0v) is 10.4. The minimum absolute atomic E-state index is 0.126. The van der Waals surface area contributed by atoms with Crippen LogP contribution in [-0.4, -0.2) is 11.6 Å². The van der Waals surface area contributed by atoms with Gasteiger partial charge in [0.05, 0.1) is 0 Å². The molecular weight excluding hydrogens is 200 g/mol. The summed E-state index contributed by atoms with van der Waals surface area (Å²) in [7, 11) is 0. The van der Waals surface area contributed by atoms with Gasteiger partial charge in [0.2, 0.25) is 0 Å². The SMILES string of the molecule is CC1=CC(=O)C2(C)CC(C)=C(C)CC2C1=O. The maximum absolute atomic E-state index is 12.1. The lowest BCUT2D eigenvalue weighted by Crippen LogP contribution is -2.45. The van der Waals surface area contributed by atoms with Gasteiger partial charge in [-0.05, 0) is 45.3 Å². The molecule has 0 aromatic rings. The van der Waals surface area contributed by atoms with Gasteiger partial charge in [-0.15, -0.1) is 0 Å². The zero-order valence-electron chi connectivity index (χ0n) is 10.4. The normalized spacial score (nSPS) is 35.0. The molecule has 2 aliphatic carbocycles. The molecule has 16 heavy (non-hydrogen) atoms. The van der Waals surface area contributed by atoms with Crippen LogP contribution in [0.1, 0.15) is 40.5 Å². The van der Waals surface area contributed by atoms with Crippen LogP contribution in [0.2, 0.25) is 0 Å². The third-order valence-electron chi connectivity index (χ3n) is 4.26. The lowest BCUT2D eigenvalue weighted by Gasteiger charge is -2.42. The molecule has 0 amide bonds. The molecule has 2 rings (SSSR count). The Bertz CT molecular complexity index is 440. The summed E-state index contributed by atoms with van der Waals surface area (Å²) in [6, 6.07) is 0. The molecule has 2 nitrogen and oxygen atoms in total. The maximum Gasteiger partial charge on any atom is 0.163 e. The lowest BCUT2D eigenvalue weighted by atomic mass is 9.59. The molecule has 0 aromatic carbocycles. The molecule has 0 saturated carbocycles. The number of Topliss-reactive ketones (excluding diaryl/α,β-unsaturated/α-hetero) is 1. The fraction of sp³-hybridized carbons (Fsp3) is 0.571. The summed E-state index contributed by atoms with van der Waals surface area (Å²) >= 11 is 0. The van der Waals surface area contributed by atoms with Crippen molar-refractivity contribution < 1.29 is 9.59 Å². The van der Waals surface area contributed by atoms with Crippen LogP contribution in [0, 0.1) is 11.3 Å². The van der Waals surface area contributed by atoms with Gasteiger partial charge in [-0.1, -0.05) is 18.1 Å². The van der Waals surface area contributed by atoms with Crippen molar-refractivity contribution >= 4 is 11.6 Å². The molecule has 2 heteroatoms. The van der Waals surface area contributed by atoms with Gasteiger partial charge >= 0.3 is 0 Å². The monoisotopic (exact) mass is 218 g/mol. The minimum Gasteiger partial charge on any atom is -0.294 e. The quantitative estimate of drug-likeness (QED) is 0.586. The van der Waals surface area contributed by atoms with E-state index in [1.165, 1.54) is 17.2 Å². The van der Waals surface area contributed by atoms with Crippen LogP contribution in [-0.2, 0) is 9.59 Å². The molecule has 86 valence electrons. The Morgan fingerprint density at radius 2 is 1.81 bits per heavy atom. The van der Waals surface area contributed by atoms with Gasteiger partial charge in [-0.3, -0.25) is 9.59 Å². The van der Waals surface area contributed by atoms with Crippen molar-refractivity contribution in [2.45, 2.75) is 40.5 Å². The average Bonchev–Trinajstić information content (AvgIpc) is 2.20. The Morgan fingerprint density at radius 1 is 1.19 bits per heavy atom. The average molecular weight is 218 g/mol. The Kier molecular flexibility index (Phi) is 2.41. The van der Waals surface area contributed by atoms with Gasteiger partial charge in [0.15, 0.2) is 11.6 Å². The summed E-state index contributed by atoms with van der Waals surface area (Å²) in [5, 5.41) is 0. The highest BCUT2D eigenvalue weighted by Crippen LogP contribution is 2.47. The molecule has 2 atom stereocenters. The number of hydrogen-bond acceptors (Lipinski definition) is 2. The van der Waals surface area contributed by atoms with Crippen molar-refractivity contribution in [1.82, 2.24) is 0 Å². The number of carbonyl (C=O) groups excluding carboxylic acids is 2. The summed E-state index contributed by atoms with van der Waals surface area (Å²) in [5.41, 5.74) is 2.69. The second-order valence-corrected chi connectivity index (χ2v) is 5.47. The molecule has 2 aliphatic rings. The van der Waals surface area contributed by atoms with Crippen molar-refractivity contribution in [2.75, 3.05) is 0 Å². The van der Waals surface area contributed by atoms with E-state index in [4.69, 9.17) is 0 Å². The van der Waals surface area contributed by atoms with E-state index >= 15 is 0 Å². The molecule has 0 radical (unpaired) electrons. The molecule has 0 heterocycles. The summed E-state index contributed by atoms with van der Waals surface area (Å²) in [6.07, 6.45) is 3.02. The second kappa shape index (κ2) is 3.41. The second-order valence-electron chi connectivity index (χ2n) is 5.47. The standard InChI is InChI=1S/C14H18O2/c1-8-5-11-13(16)9(2)6-12(15)14(11,4)7-10(8)3/h6,11H,5,7H2,1-4H3. The zero-order chi connectivity index (χ0) is 12.1. The highest BCUT2D eigenvalue weighted by atomic mass is 16.1. The van der Waals surface area contributed by atoms with E-state index in [-0.39, 0.29) is 17.5 Å². The van der Waals surface area contributed by atoms with Crippen molar-refractivity contribution in [1.29, 1.82) is 0 Å². The molecule has 0 fully saturated rings. The van der Waals surface area contributed by atoms with Gasteiger partial charge in [0.1, 0.15) is 0 Å². The minimum atomic E-state index is -0.486. The van der Waals surface area contributed by atoms with Gasteiger partial charge < -0.3 is 0 Å². The van der Waals surface area contributed by atoms with Gasteiger partial charge in [-0.2, -0.15) is 0 Å². The lowest BCUT2D eigenvalue weighted by molar-refractivity contribution is -0.136. The van der Waals surface area contributed by atoms with E-state index in [0.29, 0.717) is 5.57 Å². The predicted octanol–water partition coefficient (Wildman–Crippen LogP) is 2.84. The highest BCUT2D eigenvalue weighted by Gasteiger charge is 2.49. The molecule has 0 spiro atoms. The van der Waals surface area contributed by atoms with Crippen LogP contribution in [0.25, 0.3) is 0 Å². The van der Waals surface area contributed by atoms with Crippen LogP contribution in [0.5, 0.6) is 0 Å².